The highest BCUT2D eigenvalue weighted by Gasteiger charge is 2.10. The first-order valence-corrected chi connectivity index (χ1v) is 6.77. The van der Waals surface area contributed by atoms with Crippen LogP contribution in [0.15, 0.2) is 48.5 Å². The van der Waals surface area contributed by atoms with Gasteiger partial charge in [0.05, 0.1) is 5.57 Å². The van der Waals surface area contributed by atoms with E-state index in [1.165, 1.54) is 6.92 Å². The van der Waals surface area contributed by atoms with Crippen LogP contribution in [0, 0.1) is 6.92 Å². The Hall–Kier alpha value is -2.88. The van der Waals surface area contributed by atoms with Crippen molar-refractivity contribution in [3.8, 4) is 5.75 Å². The fourth-order valence-electron chi connectivity index (χ4n) is 2.08. The van der Waals surface area contributed by atoms with Gasteiger partial charge >= 0.3 is 11.9 Å². The zero-order valence-corrected chi connectivity index (χ0v) is 12.4. The Kier molecular flexibility index (Phi) is 4.73. The standard InChI is InChI=1S/C18H16O4/c1-12-10-14(8-9-17(12)22-13(2)19)11-16(18(20)21)15-6-4-3-5-7-15/h3-11H,1-2H3,(H,20,21)/b16-11+. The van der Waals surface area contributed by atoms with Gasteiger partial charge in [0.25, 0.3) is 0 Å². The van der Waals surface area contributed by atoms with Crippen molar-refractivity contribution in [2.45, 2.75) is 13.8 Å². The predicted molar refractivity (Wildman–Crippen MR) is 84.4 cm³/mol. The van der Waals surface area contributed by atoms with Gasteiger partial charge in [-0.2, -0.15) is 0 Å². The molecule has 4 nitrogen and oxygen atoms in total. The Morgan fingerprint density at radius 2 is 1.77 bits per heavy atom. The van der Waals surface area contributed by atoms with Crippen molar-refractivity contribution in [3.05, 3.63) is 65.2 Å². The number of esters is 1. The van der Waals surface area contributed by atoms with E-state index in [0.29, 0.717) is 11.3 Å². The number of hydrogen-bond donors (Lipinski definition) is 1. The maximum atomic E-state index is 11.5. The molecule has 0 saturated carbocycles. The summed E-state index contributed by atoms with van der Waals surface area (Å²) in [5, 5.41) is 9.39. The van der Waals surface area contributed by atoms with Crippen molar-refractivity contribution in [2.24, 2.45) is 0 Å². The molecule has 0 aliphatic rings. The van der Waals surface area contributed by atoms with E-state index in [-0.39, 0.29) is 11.5 Å². The number of hydrogen-bond acceptors (Lipinski definition) is 3. The minimum absolute atomic E-state index is 0.209. The van der Waals surface area contributed by atoms with Crippen LogP contribution >= 0.6 is 0 Å². The molecule has 0 spiro atoms. The van der Waals surface area contributed by atoms with E-state index < -0.39 is 5.97 Å². The quantitative estimate of drug-likeness (QED) is 0.405. The Labute approximate surface area is 128 Å². The van der Waals surface area contributed by atoms with Gasteiger partial charge in [-0.3, -0.25) is 4.79 Å². The zero-order valence-electron chi connectivity index (χ0n) is 12.4. The summed E-state index contributed by atoms with van der Waals surface area (Å²) in [6, 6.07) is 14.1. The average Bonchev–Trinajstić information content (AvgIpc) is 2.47. The predicted octanol–water partition coefficient (Wildman–Crippen LogP) is 3.55. The van der Waals surface area contributed by atoms with Crippen LogP contribution in [0.1, 0.15) is 23.6 Å². The Bertz CT molecular complexity index is 730. The average molecular weight is 296 g/mol. The molecule has 2 rings (SSSR count). The second-order valence-electron chi connectivity index (χ2n) is 4.85. The molecule has 2 aromatic carbocycles. The smallest absolute Gasteiger partial charge is 0.336 e. The number of carboxylic acids is 1. The zero-order chi connectivity index (χ0) is 16.1. The summed E-state index contributed by atoms with van der Waals surface area (Å²) in [6.45, 7) is 3.14. The molecule has 0 heterocycles. The molecule has 0 aromatic heterocycles. The Balaban J connectivity index is 2.39. The molecular weight excluding hydrogens is 280 g/mol. The summed E-state index contributed by atoms with van der Waals surface area (Å²) in [4.78, 5) is 22.5. The van der Waals surface area contributed by atoms with Crippen LogP contribution in [0.3, 0.4) is 0 Å². The fourth-order valence-corrected chi connectivity index (χ4v) is 2.08. The van der Waals surface area contributed by atoms with E-state index in [1.807, 2.05) is 6.07 Å². The van der Waals surface area contributed by atoms with Gasteiger partial charge < -0.3 is 9.84 Å². The molecule has 22 heavy (non-hydrogen) atoms. The van der Waals surface area contributed by atoms with Crippen molar-refractivity contribution in [1.29, 1.82) is 0 Å². The Morgan fingerprint density at radius 1 is 1.09 bits per heavy atom. The van der Waals surface area contributed by atoms with Gasteiger partial charge in [-0.25, -0.2) is 4.79 Å². The van der Waals surface area contributed by atoms with Gasteiger partial charge in [-0.1, -0.05) is 36.4 Å². The molecule has 2 aromatic rings. The lowest BCUT2D eigenvalue weighted by atomic mass is 10.0. The lowest BCUT2D eigenvalue weighted by Gasteiger charge is -2.07. The number of benzene rings is 2. The molecule has 112 valence electrons. The minimum Gasteiger partial charge on any atom is -0.478 e. The number of aliphatic carboxylic acids is 1. The molecule has 0 amide bonds. The summed E-state index contributed by atoms with van der Waals surface area (Å²) in [5.41, 5.74) is 2.34. The molecule has 0 aliphatic heterocycles. The number of rotatable bonds is 4. The highest BCUT2D eigenvalue weighted by Crippen LogP contribution is 2.23. The second kappa shape index (κ2) is 6.72. The molecule has 0 fully saturated rings. The van der Waals surface area contributed by atoms with Crippen LogP contribution in [0.5, 0.6) is 5.75 Å². The number of carbonyl (C=O) groups excluding carboxylic acids is 1. The van der Waals surface area contributed by atoms with Crippen LogP contribution in [0.4, 0.5) is 0 Å². The van der Waals surface area contributed by atoms with Crippen molar-refractivity contribution in [2.75, 3.05) is 0 Å². The van der Waals surface area contributed by atoms with Gasteiger partial charge in [-0.15, -0.1) is 0 Å². The van der Waals surface area contributed by atoms with Crippen molar-refractivity contribution >= 4 is 23.6 Å². The maximum absolute atomic E-state index is 11.5. The summed E-state index contributed by atoms with van der Waals surface area (Å²) in [5.74, 6) is -0.906. The molecule has 0 bridgehead atoms. The van der Waals surface area contributed by atoms with Crippen LogP contribution in [0.2, 0.25) is 0 Å². The normalized spacial score (nSPS) is 11.1. The van der Waals surface area contributed by atoms with Crippen molar-refractivity contribution < 1.29 is 19.4 Å². The third-order valence-corrected chi connectivity index (χ3v) is 3.08. The number of ether oxygens (including phenoxy) is 1. The van der Waals surface area contributed by atoms with Crippen LogP contribution in [-0.2, 0) is 9.59 Å². The lowest BCUT2D eigenvalue weighted by Crippen LogP contribution is -2.03. The Morgan fingerprint density at radius 3 is 2.32 bits per heavy atom. The first kappa shape index (κ1) is 15.5. The first-order chi connectivity index (χ1) is 10.5. The maximum Gasteiger partial charge on any atom is 0.336 e. The summed E-state index contributed by atoms with van der Waals surface area (Å²) in [7, 11) is 0. The molecular formula is C18H16O4. The highest BCUT2D eigenvalue weighted by molar-refractivity contribution is 6.20. The highest BCUT2D eigenvalue weighted by atomic mass is 16.5. The van der Waals surface area contributed by atoms with Crippen LogP contribution in [0.25, 0.3) is 11.6 Å². The number of aryl methyl sites for hydroxylation is 1. The fraction of sp³-hybridized carbons (Fsp3) is 0.111. The van der Waals surface area contributed by atoms with E-state index >= 15 is 0 Å². The number of carboxylic acid groups (broad SMARTS) is 1. The molecule has 0 radical (unpaired) electrons. The second-order valence-corrected chi connectivity index (χ2v) is 4.85. The van der Waals surface area contributed by atoms with Crippen molar-refractivity contribution in [3.63, 3.8) is 0 Å². The van der Waals surface area contributed by atoms with E-state index in [1.54, 1.807) is 55.5 Å². The molecule has 4 heteroatoms. The topological polar surface area (TPSA) is 63.6 Å². The van der Waals surface area contributed by atoms with Gasteiger partial charge in [-0.05, 0) is 41.8 Å². The van der Waals surface area contributed by atoms with Crippen LogP contribution in [-0.4, -0.2) is 17.0 Å². The van der Waals surface area contributed by atoms with Gasteiger partial charge in [0.15, 0.2) is 0 Å². The summed E-state index contributed by atoms with van der Waals surface area (Å²) < 4.78 is 5.06. The molecule has 0 saturated heterocycles. The van der Waals surface area contributed by atoms with E-state index in [2.05, 4.69) is 0 Å². The molecule has 0 aliphatic carbocycles. The number of carbonyl (C=O) groups is 2. The molecule has 0 unspecified atom stereocenters. The summed E-state index contributed by atoms with van der Waals surface area (Å²) in [6.07, 6.45) is 1.60. The van der Waals surface area contributed by atoms with Gasteiger partial charge in [0.2, 0.25) is 0 Å². The van der Waals surface area contributed by atoms with Crippen molar-refractivity contribution in [1.82, 2.24) is 0 Å². The molecule has 0 atom stereocenters. The van der Waals surface area contributed by atoms with Crippen LogP contribution < -0.4 is 4.74 Å². The minimum atomic E-state index is -0.993. The van der Waals surface area contributed by atoms with E-state index in [0.717, 1.165) is 11.1 Å². The third kappa shape index (κ3) is 3.82. The van der Waals surface area contributed by atoms with E-state index in [4.69, 9.17) is 4.74 Å². The summed E-state index contributed by atoms with van der Waals surface area (Å²) >= 11 is 0. The largest absolute Gasteiger partial charge is 0.478 e. The lowest BCUT2D eigenvalue weighted by molar-refractivity contribution is -0.132. The monoisotopic (exact) mass is 296 g/mol. The first-order valence-electron chi connectivity index (χ1n) is 6.77. The SMILES string of the molecule is CC(=O)Oc1ccc(/C=C(/C(=O)O)c2ccccc2)cc1C. The third-order valence-electron chi connectivity index (χ3n) is 3.08. The van der Waals surface area contributed by atoms with Gasteiger partial charge in [0, 0.05) is 6.92 Å². The van der Waals surface area contributed by atoms with E-state index in [9.17, 15) is 14.7 Å². The van der Waals surface area contributed by atoms with Gasteiger partial charge in [0.1, 0.15) is 5.75 Å². The molecule has 1 N–H and O–H groups in total.